The van der Waals surface area contributed by atoms with E-state index in [0.717, 1.165) is 35.6 Å². The second-order valence-electron chi connectivity index (χ2n) is 9.79. The van der Waals surface area contributed by atoms with Gasteiger partial charge in [-0.2, -0.15) is 16.8 Å². The molecular formula is C32H38F2N2O4S. The molecule has 6 nitrogen and oxygen atoms in total. The molecule has 0 saturated heterocycles. The summed E-state index contributed by atoms with van der Waals surface area (Å²) in [4.78, 5) is 31.9. The number of amides is 1. The summed E-state index contributed by atoms with van der Waals surface area (Å²) < 4.78 is 32.4. The predicted octanol–water partition coefficient (Wildman–Crippen LogP) is 6.70. The standard InChI is InChI=1S/C32H38F2N2O4S/c1-5-6-14-36(20-24-16-25(33)19-26(34)17-24)40-21-23-11-12-28(29(18-23)27-10-8-7-9-22(27)2)31(37)35-30(13-15-41-4)32(38)39-3/h7-12,16-19,30H,5-6,13-15,20-21H2,1-4H3,(H,35,37). The van der Waals surface area contributed by atoms with Crippen molar-refractivity contribution in [2.24, 2.45) is 0 Å². The molecule has 3 aromatic rings. The van der Waals surface area contributed by atoms with Crippen molar-refractivity contribution in [2.45, 2.75) is 52.3 Å². The van der Waals surface area contributed by atoms with Gasteiger partial charge in [0.25, 0.3) is 5.91 Å². The number of hydrogen-bond donors (Lipinski definition) is 1. The zero-order valence-electron chi connectivity index (χ0n) is 24.0. The lowest BCUT2D eigenvalue weighted by Gasteiger charge is -2.23. The molecule has 0 aliphatic carbocycles. The van der Waals surface area contributed by atoms with E-state index in [1.165, 1.54) is 19.2 Å². The fourth-order valence-electron chi connectivity index (χ4n) is 4.44. The number of methoxy groups -OCH3 is 1. The summed E-state index contributed by atoms with van der Waals surface area (Å²) in [5.41, 5.74) is 4.31. The number of nitrogens with one attached hydrogen (secondary N) is 1. The molecule has 1 unspecified atom stereocenters. The number of hydrogen-bond acceptors (Lipinski definition) is 6. The van der Waals surface area contributed by atoms with E-state index in [9.17, 15) is 18.4 Å². The van der Waals surface area contributed by atoms with Crippen molar-refractivity contribution in [3.8, 4) is 11.1 Å². The summed E-state index contributed by atoms with van der Waals surface area (Å²) in [6.07, 6.45) is 4.17. The highest BCUT2D eigenvalue weighted by molar-refractivity contribution is 7.98. The lowest BCUT2D eigenvalue weighted by atomic mass is 9.93. The Balaban J connectivity index is 1.88. The molecule has 1 N–H and O–H groups in total. The minimum atomic E-state index is -0.757. The molecule has 0 heterocycles. The Labute approximate surface area is 245 Å². The number of hydroxylamine groups is 2. The van der Waals surface area contributed by atoms with E-state index in [-0.39, 0.29) is 19.1 Å². The summed E-state index contributed by atoms with van der Waals surface area (Å²) in [7, 11) is 1.31. The predicted molar refractivity (Wildman–Crippen MR) is 159 cm³/mol. The van der Waals surface area contributed by atoms with Crippen LogP contribution in [0.4, 0.5) is 8.78 Å². The molecule has 0 bridgehead atoms. The van der Waals surface area contributed by atoms with Gasteiger partial charge in [0.05, 0.1) is 13.7 Å². The van der Waals surface area contributed by atoms with Crippen LogP contribution in [0.15, 0.2) is 60.7 Å². The number of unbranched alkanes of at least 4 members (excludes halogenated alkanes) is 1. The van der Waals surface area contributed by atoms with Crippen molar-refractivity contribution in [2.75, 3.05) is 25.7 Å². The lowest BCUT2D eigenvalue weighted by Crippen LogP contribution is -2.42. The van der Waals surface area contributed by atoms with E-state index < -0.39 is 23.6 Å². The Hall–Kier alpha value is -3.27. The van der Waals surface area contributed by atoms with E-state index >= 15 is 0 Å². The second-order valence-corrected chi connectivity index (χ2v) is 10.8. The topological polar surface area (TPSA) is 67.9 Å². The average molecular weight is 585 g/mol. The van der Waals surface area contributed by atoms with Crippen LogP contribution in [0, 0.1) is 18.6 Å². The molecule has 0 aromatic heterocycles. The van der Waals surface area contributed by atoms with E-state index in [4.69, 9.17) is 9.57 Å². The van der Waals surface area contributed by atoms with Gasteiger partial charge in [-0.1, -0.05) is 43.7 Å². The van der Waals surface area contributed by atoms with Gasteiger partial charge in [0.15, 0.2) is 0 Å². The van der Waals surface area contributed by atoms with Crippen molar-refractivity contribution >= 4 is 23.6 Å². The van der Waals surface area contributed by atoms with Gasteiger partial charge >= 0.3 is 5.97 Å². The number of nitrogens with zero attached hydrogens (tertiary/aromatic N) is 1. The van der Waals surface area contributed by atoms with Gasteiger partial charge in [0.2, 0.25) is 0 Å². The number of rotatable bonds is 15. The van der Waals surface area contributed by atoms with Crippen LogP contribution in [0.1, 0.15) is 53.2 Å². The van der Waals surface area contributed by atoms with Crippen molar-refractivity contribution in [1.29, 1.82) is 0 Å². The quantitative estimate of drug-likeness (QED) is 0.158. The third kappa shape index (κ3) is 9.66. The number of carbonyl (C=O) groups is 2. The SMILES string of the molecule is CCCCN(Cc1cc(F)cc(F)c1)OCc1ccc(C(=O)NC(CCSC)C(=O)OC)c(-c2ccccc2C)c1. The molecule has 3 rings (SSSR count). The third-order valence-corrected chi connectivity index (χ3v) is 7.27. The maximum atomic E-state index is 13.8. The van der Waals surface area contributed by atoms with Crippen molar-refractivity contribution < 1.29 is 27.9 Å². The molecular weight excluding hydrogens is 546 g/mol. The molecule has 3 aromatic carbocycles. The summed E-state index contributed by atoms with van der Waals surface area (Å²) in [5, 5.41) is 4.56. The van der Waals surface area contributed by atoms with Gasteiger partial charge in [0, 0.05) is 24.7 Å². The van der Waals surface area contributed by atoms with E-state index in [1.807, 2.05) is 49.6 Å². The molecule has 0 aliphatic heterocycles. The summed E-state index contributed by atoms with van der Waals surface area (Å²) in [6.45, 7) is 5.04. The highest BCUT2D eigenvalue weighted by Crippen LogP contribution is 2.29. The van der Waals surface area contributed by atoms with Crippen molar-refractivity contribution in [1.82, 2.24) is 10.4 Å². The monoisotopic (exact) mass is 584 g/mol. The maximum Gasteiger partial charge on any atom is 0.328 e. The van der Waals surface area contributed by atoms with Gasteiger partial charge in [0.1, 0.15) is 17.7 Å². The second kappa shape index (κ2) is 16.2. The number of thioether (sulfide) groups is 1. The Morgan fingerprint density at radius 2 is 1.73 bits per heavy atom. The highest BCUT2D eigenvalue weighted by Gasteiger charge is 2.24. The molecule has 1 atom stereocenters. The highest BCUT2D eigenvalue weighted by atomic mass is 32.2. The van der Waals surface area contributed by atoms with Crippen LogP contribution in [-0.4, -0.2) is 48.6 Å². The Kier molecular flexibility index (Phi) is 12.8. The van der Waals surface area contributed by atoms with Crippen LogP contribution in [0.2, 0.25) is 0 Å². The number of carbonyl (C=O) groups excluding carboxylic acids is 2. The zero-order chi connectivity index (χ0) is 29.8. The van der Waals surface area contributed by atoms with Gasteiger partial charge in [-0.3, -0.25) is 9.63 Å². The first-order valence-corrected chi connectivity index (χ1v) is 15.0. The molecule has 41 heavy (non-hydrogen) atoms. The van der Waals surface area contributed by atoms with Crippen LogP contribution in [0.25, 0.3) is 11.1 Å². The molecule has 0 fully saturated rings. The van der Waals surface area contributed by atoms with Crippen molar-refractivity contribution in [3.05, 3.63) is 94.6 Å². The van der Waals surface area contributed by atoms with Crippen LogP contribution < -0.4 is 5.32 Å². The first-order chi connectivity index (χ1) is 19.7. The van der Waals surface area contributed by atoms with Gasteiger partial charge in [-0.15, -0.1) is 0 Å². The Morgan fingerprint density at radius 1 is 1.00 bits per heavy atom. The van der Waals surface area contributed by atoms with Crippen LogP contribution in [0.5, 0.6) is 0 Å². The summed E-state index contributed by atoms with van der Waals surface area (Å²) in [6, 6.07) is 15.9. The Morgan fingerprint density at radius 3 is 2.39 bits per heavy atom. The molecule has 0 spiro atoms. The van der Waals surface area contributed by atoms with Crippen molar-refractivity contribution in [3.63, 3.8) is 0 Å². The minimum absolute atomic E-state index is 0.195. The fourth-order valence-corrected chi connectivity index (χ4v) is 4.91. The number of ether oxygens (including phenoxy) is 1. The fraction of sp³-hybridized carbons (Fsp3) is 0.375. The van der Waals surface area contributed by atoms with Gasteiger partial charge in [-0.05, 0) is 83.9 Å². The molecule has 0 radical (unpaired) electrons. The van der Waals surface area contributed by atoms with E-state index in [1.54, 1.807) is 22.9 Å². The number of halogens is 2. The number of aryl methyl sites for hydroxylation is 1. The smallest absolute Gasteiger partial charge is 0.328 e. The first-order valence-electron chi connectivity index (χ1n) is 13.6. The Bertz CT molecular complexity index is 1300. The minimum Gasteiger partial charge on any atom is -0.467 e. The zero-order valence-corrected chi connectivity index (χ0v) is 24.9. The molecule has 1 amide bonds. The lowest BCUT2D eigenvalue weighted by molar-refractivity contribution is -0.177. The van der Waals surface area contributed by atoms with Crippen LogP contribution >= 0.6 is 11.8 Å². The summed E-state index contributed by atoms with van der Waals surface area (Å²) in [5.74, 6) is -1.42. The van der Waals surface area contributed by atoms with Crippen LogP contribution in [-0.2, 0) is 27.5 Å². The molecule has 220 valence electrons. The molecule has 9 heteroatoms. The first kappa shape index (κ1) is 32.2. The van der Waals surface area contributed by atoms with Gasteiger partial charge < -0.3 is 10.1 Å². The summed E-state index contributed by atoms with van der Waals surface area (Å²) >= 11 is 1.58. The van der Waals surface area contributed by atoms with Crippen LogP contribution in [0.3, 0.4) is 0 Å². The maximum absolute atomic E-state index is 13.8. The molecule has 0 aliphatic rings. The number of benzene rings is 3. The van der Waals surface area contributed by atoms with E-state index in [2.05, 4.69) is 12.2 Å². The normalized spacial score (nSPS) is 11.9. The average Bonchev–Trinajstić information content (AvgIpc) is 2.95. The van der Waals surface area contributed by atoms with E-state index in [0.29, 0.717) is 35.4 Å². The largest absolute Gasteiger partial charge is 0.467 e. The third-order valence-electron chi connectivity index (χ3n) is 6.62. The molecule has 0 saturated carbocycles. The van der Waals surface area contributed by atoms with Gasteiger partial charge in [-0.25, -0.2) is 13.6 Å². The number of esters is 1.